The molecule has 2 aliphatic heterocycles. The molecule has 3 atom stereocenters. The zero-order valence-corrected chi connectivity index (χ0v) is 24.2. The van der Waals surface area contributed by atoms with Gasteiger partial charge in [-0.05, 0) is 68.4 Å². The van der Waals surface area contributed by atoms with Gasteiger partial charge in [0.2, 0.25) is 11.9 Å². The fourth-order valence-corrected chi connectivity index (χ4v) is 6.23. The number of nitrogens with zero attached hydrogens (tertiary/aromatic N) is 5. The summed E-state index contributed by atoms with van der Waals surface area (Å²) < 4.78 is 19.1. The van der Waals surface area contributed by atoms with E-state index in [1.54, 1.807) is 12.4 Å². The van der Waals surface area contributed by atoms with Crippen LogP contribution in [0.1, 0.15) is 56.0 Å². The van der Waals surface area contributed by atoms with Crippen molar-refractivity contribution < 1.29 is 13.9 Å². The molecule has 0 bridgehead atoms. The lowest BCUT2D eigenvalue weighted by molar-refractivity contribution is -0.132. The van der Waals surface area contributed by atoms with Crippen molar-refractivity contribution in [2.75, 3.05) is 37.8 Å². The van der Waals surface area contributed by atoms with Crippen molar-refractivity contribution in [1.82, 2.24) is 25.1 Å². The Morgan fingerprint density at radius 2 is 2.05 bits per heavy atom. The summed E-state index contributed by atoms with van der Waals surface area (Å²) in [6.07, 6.45) is 14.3. The monoisotopic (exact) mass is 570 g/mol. The Morgan fingerprint density at radius 1 is 1.27 bits per heavy atom. The number of anilines is 1. The van der Waals surface area contributed by atoms with E-state index in [1.165, 1.54) is 12.5 Å². The second-order valence-corrected chi connectivity index (χ2v) is 11.9. The predicted octanol–water partition coefficient (Wildman–Crippen LogP) is 5.44. The zero-order chi connectivity index (χ0) is 28.1. The van der Waals surface area contributed by atoms with E-state index >= 15 is 0 Å². The molecule has 5 rings (SSSR count). The zero-order valence-electron chi connectivity index (χ0n) is 23.5. The van der Waals surface area contributed by atoms with Crippen LogP contribution in [0.5, 0.6) is 0 Å². The number of nitrogens with one attached hydrogen (secondary N) is 1. The highest BCUT2D eigenvalue weighted by molar-refractivity contribution is 6.30. The van der Waals surface area contributed by atoms with Crippen molar-refractivity contribution in [2.45, 2.75) is 58.9 Å². The number of aromatic nitrogens is 4. The number of rotatable bonds is 11. The summed E-state index contributed by atoms with van der Waals surface area (Å²) >= 11 is 5.91. The highest BCUT2D eigenvalue weighted by Gasteiger charge is 2.43. The second-order valence-electron chi connectivity index (χ2n) is 11.5. The summed E-state index contributed by atoms with van der Waals surface area (Å²) in [7, 11) is 0. The number of hydrogen-bond donors (Lipinski definition) is 1. The number of alkyl halides is 1. The molecule has 1 unspecified atom stereocenters. The van der Waals surface area contributed by atoms with Crippen LogP contribution >= 0.6 is 11.6 Å². The van der Waals surface area contributed by atoms with Gasteiger partial charge in [0.15, 0.2) is 0 Å². The number of aromatic amines is 1. The summed E-state index contributed by atoms with van der Waals surface area (Å²) in [5.74, 6) is 3.64. The number of ether oxygens (including phenoxy) is 1. The molecule has 2 aromatic heterocycles. The van der Waals surface area contributed by atoms with Gasteiger partial charge >= 0.3 is 0 Å². The number of amides is 1. The van der Waals surface area contributed by atoms with Crippen molar-refractivity contribution in [3.63, 3.8) is 0 Å². The molecular formula is C30H40ClFN6O2. The second kappa shape index (κ2) is 13.1. The third-order valence-corrected chi connectivity index (χ3v) is 8.81. The molecule has 4 heterocycles. The first-order chi connectivity index (χ1) is 19.4. The van der Waals surface area contributed by atoms with E-state index in [4.69, 9.17) is 16.3 Å². The van der Waals surface area contributed by atoms with Gasteiger partial charge < -0.3 is 14.5 Å². The Morgan fingerprint density at radius 3 is 2.80 bits per heavy atom. The topological polar surface area (TPSA) is 87.2 Å². The molecule has 8 nitrogen and oxygen atoms in total. The van der Waals surface area contributed by atoms with Crippen LogP contribution in [0.25, 0.3) is 0 Å². The standard InChI is InChI=1S/C30H40ClFN6O2/c1-20(15-29(39)38-13-8-28-27(19-38)21(2)35-36-28)3-4-25(5-10-32)40-14-9-23-16-26(23)22-6-11-37(12-7-22)30-33-17-24(31)18-34-30/h3-5,17-18,20,22-23,26H,6-16,19H2,1-2H3,(H,35,36)/b4-3-,25-5+/t20?,23-,26-/m1/s1. The third kappa shape index (κ3) is 7.22. The first-order valence-electron chi connectivity index (χ1n) is 14.5. The Kier molecular flexibility index (Phi) is 9.40. The molecule has 1 amide bonds. The fourth-order valence-electron chi connectivity index (χ4n) is 6.13. The first-order valence-corrected chi connectivity index (χ1v) is 14.9. The van der Waals surface area contributed by atoms with Crippen LogP contribution in [0.4, 0.5) is 10.3 Å². The smallest absolute Gasteiger partial charge is 0.225 e. The Balaban J connectivity index is 1.01. The Hall–Kier alpha value is -2.94. The lowest BCUT2D eigenvalue weighted by Crippen LogP contribution is -2.36. The van der Waals surface area contributed by atoms with Gasteiger partial charge in [-0.15, -0.1) is 0 Å². The minimum Gasteiger partial charge on any atom is -0.494 e. The quantitative estimate of drug-likeness (QED) is 0.286. The lowest BCUT2D eigenvalue weighted by atomic mass is 9.90. The third-order valence-electron chi connectivity index (χ3n) is 8.61. The largest absolute Gasteiger partial charge is 0.494 e. The molecule has 1 saturated heterocycles. The molecule has 1 saturated carbocycles. The van der Waals surface area contributed by atoms with E-state index in [-0.39, 0.29) is 11.8 Å². The van der Waals surface area contributed by atoms with Gasteiger partial charge in [0, 0.05) is 50.3 Å². The van der Waals surface area contributed by atoms with E-state index in [0.717, 1.165) is 73.5 Å². The van der Waals surface area contributed by atoms with Gasteiger partial charge in [-0.1, -0.05) is 24.6 Å². The van der Waals surface area contributed by atoms with Gasteiger partial charge in [0.25, 0.3) is 0 Å². The molecule has 40 heavy (non-hydrogen) atoms. The molecule has 10 heteroatoms. The van der Waals surface area contributed by atoms with Crippen molar-refractivity contribution in [2.24, 2.45) is 23.7 Å². The minimum absolute atomic E-state index is 0.0305. The van der Waals surface area contributed by atoms with Gasteiger partial charge in [-0.25, -0.2) is 14.4 Å². The van der Waals surface area contributed by atoms with Gasteiger partial charge in [0.05, 0.1) is 29.7 Å². The van der Waals surface area contributed by atoms with Crippen LogP contribution in [-0.4, -0.2) is 63.9 Å². The number of halogens is 2. The molecule has 1 aliphatic carbocycles. The molecule has 216 valence electrons. The molecule has 3 aliphatic rings. The summed E-state index contributed by atoms with van der Waals surface area (Å²) in [4.78, 5) is 25.7. The Bertz CT molecular complexity index is 1210. The SMILES string of the molecule is Cc1[nH]nc2c1CN(C(=O)CC(C)/C=C\C(=C/CF)OCC[C@@H]1C[C@@H]1C1CCN(c3ncc(Cl)cn3)CC1)CC2. The molecule has 0 radical (unpaired) electrons. The maximum absolute atomic E-state index is 13.1. The average molecular weight is 571 g/mol. The van der Waals surface area contributed by atoms with E-state index < -0.39 is 6.67 Å². The summed E-state index contributed by atoms with van der Waals surface area (Å²) in [6.45, 7) is 7.28. The molecule has 0 aromatic carbocycles. The normalized spacial score (nSPS) is 22.4. The minimum atomic E-state index is -0.574. The van der Waals surface area contributed by atoms with E-state index in [2.05, 4.69) is 25.1 Å². The number of hydrogen-bond acceptors (Lipinski definition) is 6. The summed E-state index contributed by atoms with van der Waals surface area (Å²) in [6, 6.07) is 0. The van der Waals surface area contributed by atoms with Crippen LogP contribution < -0.4 is 4.90 Å². The molecule has 0 spiro atoms. The number of H-pyrrole nitrogens is 1. The number of carbonyl (C=O) groups is 1. The number of fused-ring (bicyclic) bond motifs is 1. The van der Waals surface area contributed by atoms with E-state index in [0.29, 0.717) is 42.8 Å². The Labute approximate surface area is 241 Å². The first kappa shape index (κ1) is 28.6. The van der Waals surface area contributed by atoms with Crippen molar-refractivity contribution in [3.8, 4) is 0 Å². The number of piperidine rings is 1. The van der Waals surface area contributed by atoms with Gasteiger partial charge in [0.1, 0.15) is 12.4 Å². The maximum atomic E-state index is 13.1. The van der Waals surface area contributed by atoms with Crippen LogP contribution in [0, 0.1) is 30.6 Å². The number of allylic oxidation sites excluding steroid dienone is 3. The predicted molar refractivity (Wildman–Crippen MR) is 154 cm³/mol. The molecule has 1 N–H and O–H groups in total. The van der Waals surface area contributed by atoms with Crippen LogP contribution in [0.15, 0.2) is 36.4 Å². The van der Waals surface area contributed by atoms with Crippen LogP contribution in [0.2, 0.25) is 5.02 Å². The van der Waals surface area contributed by atoms with Crippen molar-refractivity contribution in [1.29, 1.82) is 0 Å². The molecular weight excluding hydrogens is 531 g/mol. The van der Waals surface area contributed by atoms with Crippen LogP contribution in [0.3, 0.4) is 0 Å². The van der Waals surface area contributed by atoms with E-state index in [9.17, 15) is 9.18 Å². The lowest BCUT2D eigenvalue weighted by Gasteiger charge is -2.32. The highest BCUT2D eigenvalue weighted by Crippen LogP contribution is 2.50. The summed E-state index contributed by atoms with van der Waals surface area (Å²) in [5, 5.41) is 7.90. The van der Waals surface area contributed by atoms with Crippen molar-refractivity contribution >= 4 is 23.5 Å². The molecule has 2 fully saturated rings. The average Bonchev–Trinajstić information content (AvgIpc) is 3.65. The van der Waals surface area contributed by atoms with Gasteiger partial charge in [-0.2, -0.15) is 5.10 Å². The fraction of sp³-hybridized carbons (Fsp3) is 0.600. The van der Waals surface area contributed by atoms with Gasteiger partial charge in [-0.3, -0.25) is 9.89 Å². The van der Waals surface area contributed by atoms with Crippen molar-refractivity contribution in [3.05, 3.63) is 58.4 Å². The van der Waals surface area contributed by atoms with Crippen LogP contribution in [-0.2, 0) is 22.5 Å². The van der Waals surface area contributed by atoms with E-state index in [1.807, 2.05) is 30.9 Å². The number of carbonyl (C=O) groups excluding carboxylic acids is 1. The number of aryl methyl sites for hydroxylation is 1. The maximum Gasteiger partial charge on any atom is 0.225 e. The molecule has 2 aromatic rings. The summed E-state index contributed by atoms with van der Waals surface area (Å²) in [5.41, 5.74) is 3.24. The highest BCUT2D eigenvalue weighted by atomic mass is 35.5.